The van der Waals surface area contributed by atoms with Gasteiger partial charge in [0, 0.05) is 4.47 Å². The molecular weight excluding hydrogens is 317 g/mol. The molecule has 1 N–H and O–H groups in total. The Bertz CT molecular complexity index is 394. The van der Waals surface area contributed by atoms with Gasteiger partial charge >= 0.3 is 6.18 Å². The van der Waals surface area contributed by atoms with Gasteiger partial charge in [-0.2, -0.15) is 13.2 Å². The smallest absolute Gasteiger partial charge is 0.384 e. The average Bonchev–Trinajstić information content (AvgIpc) is 2.64. The van der Waals surface area contributed by atoms with Crippen LogP contribution in [-0.4, -0.2) is 11.3 Å². The normalized spacial score (nSPS) is 30.5. The van der Waals surface area contributed by atoms with Gasteiger partial charge in [-0.3, -0.25) is 0 Å². The second-order valence-electron chi connectivity index (χ2n) is 4.45. The van der Waals surface area contributed by atoms with Crippen LogP contribution < -0.4 is 0 Å². The van der Waals surface area contributed by atoms with E-state index >= 15 is 0 Å². The lowest BCUT2D eigenvalue weighted by atomic mass is 9.78. The van der Waals surface area contributed by atoms with E-state index in [1.54, 1.807) is 0 Å². The lowest BCUT2D eigenvalue weighted by molar-refractivity contribution is -0.192. The SMILES string of the molecule is OC1(c2sccc2Br)CCC(C(F)(F)F)CC1. The maximum atomic E-state index is 12.5. The highest BCUT2D eigenvalue weighted by atomic mass is 79.9. The summed E-state index contributed by atoms with van der Waals surface area (Å²) in [5.74, 6) is -1.26. The third-order valence-corrected chi connectivity index (χ3v) is 5.35. The zero-order chi connectivity index (χ0) is 12.7. The predicted octanol–water partition coefficient (Wildman–Crippen LogP) is 4.45. The molecule has 0 unspecified atom stereocenters. The fraction of sp³-hybridized carbons (Fsp3) is 0.636. The van der Waals surface area contributed by atoms with Crippen molar-refractivity contribution in [2.24, 2.45) is 5.92 Å². The average molecular weight is 329 g/mol. The summed E-state index contributed by atoms with van der Waals surface area (Å²) >= 11 is 4.71. The molecule has 0 radical (unpaired) electrons. The first-order valence-electron chi connectivity index (χ1n) is 5.35. The first-order chi connectivity index (χ1) is 7.83. The van der Waals surface area contributed by atoms with Crippen molar-refractivity contribution >= 4 is 27.3 Å². The first kappa shape index (κ1) is 13.4. The third kappa shape index (κ3) is 2.69. The molecule has 1 heterocycles. The highest BCUT2D eigenvalue weighted by Gasteiger charge is 2.46. The minimum atomic E-state index is -4.13. The Labute approximate surface area is 110 Å². The molecule has 0 aromatic carbocycles. The van der Waals surface area contributed by atoms with Crippen molar-refractivity contribution < 1.29 is 18.3 Å². The van der Waals surface area contributed by atoms with Crippen LogP contribution >= 0.6 is 27.3 Å². The molecule has 1 fully saturated rings. The van der Waals surface area contributed by atoms with Crippen LogP contribution in [0.25, 0.3) is 0 Å². The molecule has 0 saturated heterocycles. The number of aliphatic hydroxyl groups is 1. The molecule has 0 spiro atoms. The van der Waals surface area contributed by atoms with Crippen molar-refractivity contribution in [2.75, 3.05) is 0 Å². The summed E-state index contributed by atoms with van der Waals surface area (Å²) in [4.78, 5) is 0.748. The van der Waals surface area contributed by atoms with Gasteiger partial charge in [0.1, 0.15) is 0 Å². The van der Waals surface area contributed by atoms with E-state index in [4.69, 9.17) is 0 Å². The maximum absolute atomic E-state index is 12.5. The summed E-state index contributed by atoms with van der Waals surface area (Å²) in [7, 11) is 0. The molecule has 1 nitrogen and oxygen atoms in total. The summed E-state index contributed by atoms with van der Waals surface area (Å²) in [6, 6.07) is 1.81. The van der Waals surface area contributed by atoms with Gasteiger partial charge < -0.3 is 5.11 Å². The van der Waals surface area contributed by atoms with Crippen molar-refractivity contribution in [3.8, 4) is 0 Å². The molecule has 1 aromatic heterocycles. The minimum Gasteiger partial charge on any atom is -0.384 e. The molecule has 0 atom stereocenters. The fourth-order valence-electron chi connectivity index (χ4n) is 2.28. The zero-order valence-corrected chi connectivity index (χ0v) is 11.3. The second kappa shape index (κ2) is 4.55. The Balaban J connectivity index is 2.11. The number of halogens is 4. The lowest BCUT2D eigenvalue weighted by Gasteiger charge is -2.36. The Kier molecular flexibility index (Phi) is 3.58. The fourth-order valence-corrected chi connectivity index (χ4v) is 4.18. The number of alkyl halides is 3. The van der Waals surface area contributed by atoms with Crippen LogP contribution in [0.3, 0.4) is 0 Å². The summed E-state index contributed by atoms with van der Waals surface area (Å²) in [6.07, 6.45) is -3.77. The summed E-state index contributed by atoms with van der Waals surface area (Å²) < 4.78 is 38.4. The molecule has 1 aromatic rings. The third-order valence-electron chi connectivity index (χ3n) is 3.32. The van der Waals surface area contributed by atoms with Crippen LogP contribution in [0.15, 0.2) is 15.9 Å². The van der Waals surface area contributed by atoms with Gasteiger partial charge in [-0.05, 0) is 53.1 Å². The molecule has 2 rings (SSSR count). The largest absolute Gasteiger partial charge is 0.391 e. The molecule has 0 aliphatic heterocycles. The van der Waals surface area contributed by atoms with Crippen molar-refractivity contribution in [2.45, 2.75) is 37.5 Å². The highest BCUT2D eigenvalue weighted by Crippen LogP contribution is 2.47. The predicted molar refractivity (Wildman–Crippen MR) is 63.9 cm³/mol. The molecular formula is C11H12BrF3OS. The topological polar surface area (TPSA) is 20.2 Å². The van der Waals surface area contributed by atoms with Crippen molar-refractivity contribution in [1.82, 2.24) is 0 Å². The van der Waals surface area contributed by atoms with Crippen LogP contribution in [0, 0.1) is 5.92 Å². The zero-order valence-electron chi connectivity index (χ0n) is 8.93. The van der Waals surface area contributed by atoms with Gasteiger partial charge in [0.2, 0.25) is 0 Å². The van der Waals surface area contributed by atoms with Crippen LogP contribution in [0.4, 0.5) is 13.2 Å². The van der Waals surface area contributed by atoms with Gasteiger partial charge in [-0.25, -0.2) is 0 Å². The Hall–Kier alpha value is -0.0700. The van der Waals surface area contributed by atoms with Gasteiger partial charge in [0.25, 0.3) is 0 Å². The molecule has 0 amide bonds. The molecule has 17 heavy (non-hydrogen) atoms. The number of thiophene rings is 1. The second-order valence-corrected chi connectivity index (χ2v) is 6.22. The highest BCUT2D eigenvalue weighted by molar-refractivity contribution is 9.10. The van der Waals surface area contributed by atoms with Gasteiger partial charge in [-0.15, -0.1) is 11.3 Å². The summed E-state index contributed by atoms with van der Waals surface area (Å²) in [6.45, 7) is 0. The molecule has 1 aliphatic carbocycles. The van der Waals surface area contributed by atoms with Gasteiger partial charge in [0.05, 0.1) is 16.4 Å². The van der Waals surface area contributed by atoms with Crippen molar-refractivity contribution in [3.05, 3.63) is 20.8 Å². The minimum absolute atomic E-state index is 0.00431. The van der Waals surface area contributed by atoms with E-state index in [9.17, 15) is 18.3 Å². The van der Waals surface area contributed by atoms with E-state index < -0.39 is 17.7 Å². The Morgan fingerprint density at radius 3 is 2.35 bits per heavy atom. The van der Waals surface area contributed by atoms with E-state index in [1.165, 1.54) is 11.3 Å². The van der Waals surface area contributed by atoms with Crippen LogP contribution in [0.1, 0.15) is 30.6 Å². The number of hydrogen-bond acceptors (Lipinski definition) is 2. The summed E-state index contributed by atoms with van der Waals surface area (Å²) in [5.41, 5.74) is -1.09. The van der Waals surface area contributed by atoms with E-state index in [1.807, 2.05) is 11.4 Å². The van der Waals surface area contributed by atoms with E-state index in [0.717, 1.165) is 9.35 Å². The quantitative estimate of drug-likeness (QED) is 0.807. The first-order valence-corrected chi connectivity index (χ1v) is 7.03. The number of rotatable bonds is 1. The Morgan fingerprint density at radius 2 is 1.94 bits per heavy atom. The number of hydrogen-bond donors (Lipinski definition) is 1. The van der Waals surface area contributed by atoms with E-state index in [2.05, 4.69) is 15.9 Å². The Morgan fingerprint density at radius 1 is 1.35 bits per heavy atom. The molecule has 96 valence electrons. The van der Waals surface area contributed by atoms with Crippen LogP contribution in [0.5, 0.6) is 0 Å². The van der Waals surface area contributed by atoms with E-state index in [0.29, 0.717) is 0 Å². The van der Waals surface area contributed by atoms with Gasteiger partial charge in [-0.1, -0.05) is 0 Å². The standard InChI is InChI=1S/C11H12BrF3OS/c12-8-3-6-17-9(8)10(16)4-1-7(2-5-10)11(13,14)15/h3,6-7,16H,1-2,4-5H2. The maximum Gasteiger partial charge on any atom is 0.391 e. The molecule has 0 bridgehead atoms. The summed E-state index contributed by atoms with van der Waals surface area (Å²) in [5, 5.41) is 12.2. The monoisotopic (exact) mass is 328 g/mol. The van der Waals surface area contributed by atoms with Crippen molar-refractivity contribution in [3.63, 3.8) is 0 Å². The van der Waals surface area contributed by atoms with E-state index in [-0.39, 0.29) is 25.7 Å². The van der Waals surface area contributed by atoms with Crippen molar-refractivity contribution in [1.29, 1.82) is 0 Å². The molecule has 1 saturated carbocycles. The lowest BCUT2D eigenvalue weighted by Crippen LogP contribution is -2.36. The van der Waals surface area contributed by atoms with Crippen LogP contribution in [-0.2, 0) is 5.60 Å². The van der Waals surface area contributed by atoms with Crippen LogP contribution in [0.2, 0.25) is 0 Å². The van der Waals surface area contributed by atoms with Gasteiger partial charge in [0.15, 0.2) is 0 Å². The molecule has 6 heteroatoms. The molecule has 1 aliphatic rings.